The SMILES string of the molecule is O[C@H](COCc1ccccc1)CSc1n[nH]c(-c2ccccc2)n1. The zero-order valence-corrected chi connectivity index (χ0v) is 13.9. The van der Waals surface area contributed by atoms with Crippen molar-refractivity contribution in [1.29, 1.82) is 0 Å². The van der Waals surface area contributed by atoms with Crippen LogP contribution < -0.4 is 0 Å². The minimum absolute atomic E-state index is 0.290. The molecule has 0 saturated heterocycles. The monoisotopic (exact) mass is 341 g/mol. The van der Waals surface area contributed by atoms with Gasteiger partial charge in [-0.15, -0.1) is 5.10 Å². The molecule has 0 spiro atoms. The molecule has 0 saturated carbocycles. The van der Waals surface area contributed by atoms with Gasteiger partial charge in [0.05, 0.1) is 19.3 Å². The van der Waals surface area contributed by atoms with Gasteiger partial charge in [-0.05, 0) is 5.56 Å². The van der Waals surface area contributed by atoms with Gasteiger partial charge in [-0.3, -0.25) is 5.10 Å². The second-order valence-electron chi connectivity index (χ2n) is 5.30. The normalized spacial score (nSPS) is 12.2. The lowest BCUT2D eigenvalue weighted by Crippen LogP contribution is -2.18. The molecule has 3 aromatic rings. The van der Waals surface area contributed by atoms with Crippen molar-refractivity contribution in [3.63, 3.8) is 0 Å². The lowest BCUT2D eigenvalue weighted by Gasteiger charge is -2.09. The summed E-state index contributed by atoms with van der Waals surface area (Å²) in [5.41, 5.74) is 2.09. The number of aromatic amines is 1. The maximum atomic E-state index is 10.0. The van der Waals surface area contributed by atoms with Crippen molar-refractivity contribution in [2.75, 3.05) is 12.4 Å². The third kappa shape index (κ3) is 4.92. The first-order chi connectivity index (χ1) is 11.8. The number of H-pyrrole nitrogens is 1. The highest BCUT2D eigenvalue weighted by Gasteiger charge is 2.10. The summed E-state index contributed by atoms with van der Waals surface area (Å²) in [4.78, 5) is 4.42. The van der Waals surface area contributed by atoms with Crippen molar-refractivity contribution in [3.8, 4) is 11.4 Å². The van der Waals surface area contributed by atoms with Gasteiger partial charge in [0.2, 0.25) is 5.16 Å². The molecule has 24 heavy (non-hydrogen) atoms. The van der Waals surface area contributed by atoms with Gasteiger partial charge in [-0.1, -0.05) is 72.4 Å². The first-order valence-electron chi connectivity index (χ1n) is 7.71. The molecule has 1 heterocycles. The van der Waals surface area contributed by atoms with Gasteiger partial charge >= 0.3 is 0 Å². The van der Waals surface area contributed by atoms with E-state index < -0.39 is 6.10 Å². The fourth-order valence-corrected chi connectivity index (χ4v) is 2.85. The molecule has 0 amide bonds. The van der Waals surface area contributed by atoms with E-state index in [0.29, 0.717) is 17.5 Å². The Morgan fingerprint density at radius 3 is 2.50 bits per heavy atom. The Kier molecular flexibility index (Phi) is 6.01. The number of ether oxygens (including phenoxy) is 1. The third-order valence-electron chi connectivity index (χ3n) is 3.34. The average molecular weight is 341 g/mol. The summed E-state index contributed by atoms with van der Waals surface area (Å²) >= 11 is 1.41. The third-order valence-corrected chi connectivity index (χ3v) is 4.33. The summed E-state index contributed by atoms with van der Waals surface area (Å²) in [5, 5.41) is 17.7. The van der Waals surface area contributed by atoms with Gasteiger partial charge in [-0.2, -0.15) is 0 Å². The van der Waals surface area contributed by atoms with Crippen LogP contribution in [0.1, 0.15) is 5.56 Å². The molecule has 0 aliphatic rings. The first kappa shape index (κ1) is 16.7. The van der Waals surface area contributed by atoms with Crippen LogP contribution >= 0.6 is 11.8 Å². The Hall–Kier alpha value is -2.15. The Labute approximate surface area is 145 Å². The zero-order valence-electron chi connectivity index (χ0n) is 13.1. The number of thioether (sulfide) groups is 1. The van der Waals surface area contributed by atoms with E-state index >= 15 is 0 Å². The van der Waals surface area contributed by atoms with Gasteiger partial charge in [0.25, 0.3) is 0 Å². The maximum absolute atomic E-state index is 10.0. The molecule has 1 aromatic heterocycles. The molecule has 6 heteroatoms. The highest BCUT2D eigenvalue weighted by Crippen LogP contribution is 2.19. The van der Waals surface area contributed by atoms with Gasteiger partial charge in [0, 0.05) is 11.3 Å². The van der Waals surface area contributed by atoms with E-state index in [0.717, 1.165) is 17.0 Å². The number of aliphatic hydroxyl groups is 1. The van der Waals surface area contributed by atoms with E-state index in [-0.39, 0.29) is 6.61 Å². The van der Waals surface area contributed by atoms with Crippen molar-refractivity contribution in [3.05, 3.63) is 66.2 Å². The lowest BCUT2D eigenvalue weighted by atomic mass is 10.2. The van der Waals surface area contributed by atoms with Crippen LogP contribution in [0.15, 0.2) is 65.8 Å². The molecule has 0 unspecified atom stereocenters. The van der Waals surface area contributed by atoms with E-state index in [1.54, 1.807) is 0 Å². The minimum atomic E-state index is -0.558. The Morgan fingerprint density at radius 1 is 1.04 bits per heavy atom. The van der Waals surface area contributed by atoms with Gasteiger partial charge in [0.1, 0.15) is 0 Å². The Morgan fingerprint density at radius 2 is 1.75 bits per heavy atom. The lowest BCUT2D eigenvalue weighted by molar-refractivity contribution is 0.0398. The van der Waals surface area contributed by atoms with Crippen LogP contribution in [-0.2, 0) is 11.3 Å². The predicted molar refractivity (Wildman–Crippen MR) is 94.6 cm³/mol. The molecule has 2 N–H and O–H groups in total. The van der Waals surface area contributed by atoms with Crippen molar-refractivity contribution >= 4 is 11.8 Å². The molecule has 0 bridgehead atoms. The molecule has 124 valence electrons. The van der Waals surface area contributed by atoms with Gasteiger partial charge in [-0.25, -0.2) is 4.98 Å². The number of rotatable bonds is 8. The fourth-order valence-electron chi connectivity index (χ4n) is 2.14. The number of aromatic nitrogens is 3. The van der Waals surface area contributed by atoms with E-state index in [4.69, 9.17) is 4.74 Å². The molecule has 0 radical (unpaired) electrons. The second kappa shape index (κ2) is 8.63. The van der Waals surface area contributed by atoms with Gasteiger partial charge in [0.15, 0.2) is 5.82 Å². The summed E-state index contributed by atoms with van der Waals surface area (Å²) in [5.74, 6) is 1.22. The predicted octanol–water partition coefficient (Wildman–Crippen LogP) is 3.14. The maximum Gasteiger partial charge on any atom is 0.208 e. The number of benzene rings is 2. The highest BCUT2D eigenvalue weighted by atomic mass is 32.2. The Balaban J connectivity index is 1.42. The molecule has 0 aliphatic heterocycles. The summed E-state index contributed by atoms with van der Waals surface area (Å²) in [6.07, 6.45) is -0.558. The summed E-state index contributed by atoms with van der Waals surface area (Å²) in [7, 11) is 0. The molecule has 0 fully saturated rings. The van der Waals surface area contributed by atoms with E-state index in [2.05, 4.69) is 15.2 Å². The van der Waals surface area contributed by atoms with Crippen LogP contribution in [0.4, 0.5) is 0 Å². The minimum Gasteiger partial charge on any atom is -0.390 e. The van der Waals surface area contributed by atoms with E-state index in [9.17, 15) is 5.11 Å². The molecule has 5 nitrogen and oxygen atoms in total. The average Bonchev–Trinajstić information content (AvgIpc) is 3.11. The van der Waals surface area contributed by atoms with Crippen LogP contribution in [0, 0.1) is 0 Å². The van der Waals surface area contributed by atoms with Gasteiger partial charge < -0.3 is 9.84 Å². The highest BCUT2D eigenvalue weighted by molar-refractivity contribution is 7.99. The topological polar surface area (TPSA) is 71.0 Å². The zero-order chi connectivity index (χ0) is 16.6. The summed E-state index contributed by atoms with van der Waals surface area (Å²) in [6, 6.07) is 19.7. The Bertz CT molecular complexity index is 734. The van der Waals surface area contributed by atoms with E-state index in [1.165, 1.54) is 11.8 Å². The van der Waals surface area contributed by atoms with Crippen LogP contribution in [0.3, 0.4) is 0 Å². The molecular weight excluding hydrogens is 322 g/mol. The number of hydrogen-bond acceptors (Lipinski definition) is 5. The van der Waals surface area contributed by atoms with Crippen LogP contribution in [0.25, 0.3) is 11.4 Å². The second-order valence-corrected chi connectivity index (χ2v) is 6.29. The number of hydrogen-bond donors (Lipinski definition) is 2. The smallest absolute Gasteiger partial charge is 0.208 e. The standard InChI is InChI=1S/C18H19N3O2S/c22-16(12-23-11-14-7-3-1-4-8-14)13-24-18-19-17(20-21-18)15-9-5-2-6-10-15/h1-10,16,22H,11-13H2,(H,19,20,21)/t16-/m1/s1. The van der Waals surface area contributed by atoms with Crippen molar-refractivity contribution in [1.82, 2.24) is 15.2 Å². The number of aliphatic hydroxyl groups excluding tert-OH is 1. The van der Waals surface area contributed by atoms with Crippen LogP contribution in [0.5, 0.6) is 0 Å². The molecule has 1 atom stereocenters. The number of nitrogens with zero attached hydrogens (tertiary/aromatic N) is 2. The molecule has 0 aliphatic carbocycles. The molecule has 2 aromatic carbocycles. The largest absolute Gasteiger partial charge is 0.390 e. The molecular formula is C18H19N3O2S. The quantitative estimate of drug-likeness (QED) is 0.616. The van der Waals surface area contributed by atoms with E-state index in [1.807, 2.05) is 60.7 Å². The first-order valence-corrected chi connectivity index (χ1v) is 8.70. The summed E-state index contributed by atoms with van der Waals surface area (Å²) < 4.78 is 5.53. The van der Waals surface area contributed by atoms with Crippen molar-refractivity contribution < 1.29 is 9.84 Å². The fraction of sp³-hybridized carbons (Fsp3) is 0.222. The van der Waals surface area contributed by atoms with Crippen molar-refractivity contribution in [2.24, 2.45) is 0 Å². The van der Waals surface area contributed by atoms with Crippen LogP contribution in [-0.4, -0.2) is 38.8 Å². The van der Waals surface area contributed by atoms with Crippen LogP contribution in [0.2, 0.25) is 0 Å². The number of nitrogens with one attached hydrogen (secondary N) is 1. The van der Waals surface area contributed by atoms with Crippen molar-refractivity contribution in [2.45, 2.75) is 17.9 Å². The summed E-state index contributed by atoms with van der Waals surface area (Å²) in [6.45, 7) is 0.791. The molecule has 3 rings (SSSR count).